The SMILES string of the molecule is CCCCN(C)CC1CCN(CN2C(=O)C3C=CC2C3)CC1. The van der Waals surface area contributed by atoms with Crippen molar-refractivity contribution in [2.24, 2.45) is 11.8 Å². The van der Waals surface area contributed by atoms with E-state index in [1.54, 1.807) is 0 Å². The van der Waals surface area contributed by atoms with Crippen LogP contribution >= 0.6 is 0 Å². The second kappa shape index (κ2) is 7.14. The quantitative estimate of drug-likeness (QED) is 0.675. The molecule has 4 nitrogen and oxygen atoms in total. The molecule has 0 N–H and O–H groups in total. The monoisotopic (exact) mass is 305 g/mol. The predicted molar refractivity (Wildman–Crippen MR) is 89.5 cm³/mol. The van der Waals surface area contributed by atoms with Crippen LogP contribution in [0.4, 0.5) is 0 Å². The maximum atomic E-state index is 12.2. The number of unbranched alkanes of at least 4 members (excludes halogenated alkanes) is 1. The summed E-state index contributed by atoms with van der Waals surface area (Å²) in [5.41, 5.74) is 0. The van der Waals surface area contributed by atoms with E-state index in [9.17, 15) is 4.79 Å². The number of carbonyl (C=O) groups is 1. The molecule has 2 fully saturated rings. The highest BCUT2D eigenvalue weighted by molar-refractivity contribution is 5.85. The molecule has 0 aromatic heterocycles. The summed E-state index contributed by atoms with van der Waals surface area (Å²) in [4.78, 5) is 19.3. The van der Waals surface area contributed by atoms with Gasteiger partial charge in [-0.05, 0) is 45.2 Å². The van der Waals surface area contributed by atoms with Crippen molar-refractivity contribution in [2.75, 3.05) is 39.9 Å². The molecule has 1 amide bonds. The minimum Gasteiger partial charge on any atom is -0.323 e. The van der Waals surface area contributed by atoms with Crippen molar-refractivity contribution in [1.82, 2.24) is 14.7 Å². The van der Waals surface area contributed by atoms with Crippen LogP contribution in [-0.4, -0.2) is 66.5 Å². The number of hydrogen-bond donors (Lipinski definition) is 0. The molecule has 3 rings (SSSR count). The zero-order chi connectivity index (χ0) is 15.5. The van der Waals surface area contributed by atoms with Crippen LogP contribution in [-0.2, 0) is 4.79 Å². The Morgan fingerprint density at radius 3 is 2.68 bits per heavy atom. The van der Waals surface area contributed by atoms with E-state index in [-0.39, 0.29) is 5.92 Å². The number of nitrogens with zero attached hydrogens (tertiary/aromatic N) is 3. The van der Waals surface area contributed by atoms with E-state index in [1.165, 1.54) is 38.8 Å². The van der Waals surface area contributed by atoms with Gasteiger partial charge in [0.15, 0.2) is 0 Å². The zero-order valence-corrected chi connectivity index (χ0v) is 14.2. The summed E-state index contributed by atoms with van der Waals surface area (Å²) in [5.74, 6) is 1.38. The van der Waals surface area contributed by atoms with Crippen LogP contribution in [0.1, 0.15) is 39.0 Å². The lowest BCUT2D eigenvalue weighted by Gasteiger charge is -2.37. The molecule has 124 valence electrons. The molecular weight excluding hydrogens is 274 g/mol. The molecule has 0 aromatic rings. The number of amides is 1. The van der Waals surface area contributed by atoms with Gasteiger partial charge >= 0.3 is 0 Å². The van der Waals surface area contributed by atoms with Crippen molar-refractivity contribution < 1.29 is 4.79 Å². The van der Waals surface area contributed by atoms with Gasteiger partial charge < -0.3 is 9.80 Å². The number of carbonyl (C=O) groups excluding carboxylic acids is 1. The lowest BCUT2D eigenvalue weighted by molar-refractivity contribution is -0.133. The molecule has 0 radical (unpaired) electrons. The third-order valence-electron chi connectivity index (χ3n) is 5.58. The maximum Gasteiger partial charge on any atom is 0.231 e. The van der Waals surface area contributed by atoms with E-state index in [0.29, 0.717) is 11.9 Å². The van der Waals surface area contributed by atoms with Crippen molar-refractivity contribution in [2.45, 2.75) is 45.1 Å². The molecule has 0 spiro atoms. The Morgan fingerprint density at radius 1 is 1.27 bits per heavy atom. The van der Waals surface area contributed by atoms with Crippen LogP contribution in [0.25, 0.3) is 0 Å². The van der Waals surface area contributed by atoms with E-state index in [4.69, 9.17) is 0 Å². The zero-order valence-electron chi connectivity index (χ0n) is 14.2. The Kier molecular flexibility index (Phi) is 5.19. The Morgan fingerprint density at radius 2 is 2.05 bits per heavy atom. The molecule has 0 aromatic carbocycles. The van der Waals surface area contributed by atoms with Gasteiger partial charge in [-0.2, -0.15) is 0 Å². The molecule has 2 unspecified atom stereocenters. The van der Waals surface area contributed by atoms with Crippen molar-refractivity contribution in [3.05, 3.63) is 12.2 Å². The molecule has 4 heteroatoms. The Labute approximate surface area is 135 Å². The molecule has 1 aliphatic carbocycles. The fourth-order valence-electron chi connectivity index (χ4n) is 4.13. The third-order valence-corrected chi connectivity index (χ3v) is 5.58. The van der Waals surface area contributed by atoms with E-state index >= 15 is 0 Å². The Hall–Kier alpha value is -0.870. The van der Waals surface area contributed by atoms with Crippen molar-refractivity contribution in [3.63, 3.8) is 0 Å². The van der Waals surface area contributed by atoms with E-state index in [2.05, 4.69) is 40.8 Å². The van der Waals surface area contributed by atoms with Crippen LogP contribution < -0.4 is 0 Å². The molecular formula is C18H31N3O. The molecule has 2 heterocycles. The van der Waals surface area contributed by atoms with Gasteiger partial charge in [-0.3, -0.25) is 9.69 Å². The van der Waals surface area contributed by atoms with Gasteiger partial charge in [0.1, 0.15) is 0 Å². The van der Waals surface area contributed by atoms with Crippen LogP contribution in [0, 0.1) is 11.8 Å². The van der Waals surface area contributed by atoms with Crippen molar-refractivity contribution >= 4 is 5.91 Å². The summed E-state index contributed by atoms with van der Waals surface area (Å²) in [6, 6.07) is 0.385. The van der Waals surface area contributed by atoms with Crippen LogP contribution in [0.3, 0.4) is 0 Å². The summed E-state index contributed by atoms with van der Waals surface area (Å²) in [7, 11) is 2.26. The molecule has 2 atom stereocenters. The average molecular weight is 305 g/mol. The van der Waals surface area contributed by atoms with Gasteiger partial charge in [0.25, 0.3) is 0 Å². The molecule has 0 saturated carbocycles. The van der Waals surface area contributed by atoms with Gasteiger partial charge in [0.05, 0.1) is 18.6 Å². The normalized spacial score (nSPS) is 29.2. The van der Waals surface area contributed by atoms with Gasteiger partial charge in [-0.25, -0.2) is 0 Å². The smallest absolute Gasteiger partial charge is 0.231 e. The molecule has 2 aliphatic heterocycles. The fourth-order valence-corrected chi connectivity index (χ4v) is 4.13. The second-order valence-electron chi connectivity index (χ2n) is 7.42. The first kappa shape index (κ1) is 16.0. The molecule has 2 saturated heterocycles. The average Bonchev–Trinajstić information content (AvgIpc) is 3.10. The highest BCUT2D eigenvalue weighted by atomic mass is 16.2. The summed E-state index contributed by atoms with van der Waals surface area (Å²) >= 11 is 0. The number of likely N-dealkylation sites (tertiary alicyclic amines) is 2. The standard InChI is InChI=1S/C18H31N3O/c1-3-4-9-19(2)13-15-7-10-20(11-8-15)14-21-17-6-5-16(12-17)18(21)22/h5-6,15-17H,3-4,7-14H2,1-2H3. The fraction of sp³-hybridized carbons (Fsp3) is 0.833. The summed E-state index contributed by atoms with van der Waals surface area (Å²) < 4.78 is 0. The van der Waals surface area contributed by atoms with Crippen LogP contribution in [0.15, 0.2) is 12.2 Å². The van der Waals surface area contributed by atoms with Gasteiger partial charge in [-0.1, -0.05) is 25.5 Å². The summed E-state index contributed by atoms with van der Waals surface area (Å²) in [6.45, 7) is 7.88. The third kappa shape index (κ3) is 3.54. The first-order chi connectivity index (χ1) is 10.7. The number of fused-ring (bicyclic) bond motifs is 2. The highest BCUT2D eigenvalue weighted by Gasteiger charge is 2.41. The molecule has 2 bridgehead atoms. The van der Waals surface area contributed by atoms with Crippen LogP contribution in [0.2, 0.25) is 0 Å². The first-order valence-corrected chi connectivity index (χ1v) is 9.07. The largest absolute Gasteiger partial charge is 0.323 e. The Bertz CT molecular complexity index is 415. The maximum absolute atomic E-state index is 12.2. The van der Waals surface area contributed by atoms with Gasteiger partial charge in [0.2, 0.25) is 5.91 Å². The molecule has 22 heavy (non-hydrogen) atoms. The second-order valence-corrected chi connectivity index (χ2v) is 7.42. The lowest BCUT2D eigenvalue weighted by Crippen LogP contribution is -2.47. The minimum atomic E-state index is 0.190. The first-order valence-electron chi connectivity index (χ1n) is 9.07. The van der Waals surface area contributed by atoms with E-state index < -0.39 is 0 Å². The highest BCUT2D eigenvalue weighted by Crippen LogP contribution is 2.33. The lowest BCUT2D eigenvalue weighted by atomic mass is 9.96. The summed E-state index contributed by atoms with van der Waals surface area (Å²) in [5, 5.41) is 0. The minimum absolute atomic E-state index is 0.190. The Balaban J connectivity index is 1.39. The number of hydrogen-bond acceptors (Lipinski definition) is 3. The number of piperidine rings is 1. The summed E-state index contributed by atoms with van der Waals surface area (Å²) in [6.07, 6.45) is 10.5. The van der Waals surface area contributed by atoms with Gasteiger partial charge in [0, 0.05) is 19.6 Å². The number of rotatable bonds is 7. The van der Waals surface area contributed by atoms with Crippen LogP contribution in [0.5, 0.6) is 0 Å². The van der Waals surface area contributed by atoms with Crippen molar-refractivity contribution in [3.8, 4) is 0 Å². The topological polar surface area (TPSA) is 26.8 Å². The predicted octanol–water partition coefficient (Wildman–Crippen LogP) is 2.17. The van der Waals surface area contributed by atoms with Gasteiger partial charge in [-0.15, -0.1) is 0 Å². The van der Waals surface area contributed by atoms with Crippen molar-refractivity contribution in [1.29, 1.82) is 0 Å². The molecule has 3 aliphatic rings. The van der Waals surface area contributed by atoms with E-state index in [0.717, 1.165) is 32.1 Å². The van der Waals surface area contributed by atoms with E-state index in [1.807, 2.05) is 0 Å².